The van der Waals surface area contributed by atoms with E-state index in [0.717, 1.165) is 25.2 Å². The lowest BCUT2D eigenvalue weighted by Crippen LogP contribution is -2.35. The second-order valence-corrected chi connectivity index (χ2v) is 4.74. The van der Waals surface area contributed by atoms with Crippen LogP contribution in [-0.4, -0.2) is 22.2 Å². The highest BCUT2D eigenvalue weighted by Crippen LogP contribution is 2.50. The molecular formula is C11H16N4O. The van der Waals surface area contributed by atoms with Gasteiger partial charge in [-0.1, -0.05) is 0 Å². The van der Waals surface area contributed by atoms with E-state index in [1.165, 1.54) is 18.5 Å². The van der Waals surface area contributed by atoms with Crippen molar-refractivity contribution in [1.29, 1.82) is 0 Å². The molecule has 1 aromatic heterocycles. The van der Waals surface area contributed by atoms with Gasteiger partial charge in [0.2, 0.25) is 0 Å². The molecule has 5 nitrogen and oxygen atoms in total. The van der Waals surface area contributed by atoms with Crippen molar-refractivity contribution in [2.45, 2.75) is 38.3 Å². The monoisotopic (exact) mass is 220 g/mol. The molecule has 0 aromatic carbocycles. The lowest BCUT2D eigenvalue weighted by atomic mass is 9.93. The van der Waals surface area contributed by atoms with Gasteiger partial charge in [0.1, 0.15) is 0 Å². The van der Waals surface area contributed by atoms with Gasteiger partial charge in [0.15, 0.2) is 5.69 Å². The quantitative estimate of drug-likeness (QED) is 0.744. The molecule has 1 aliphatic heterocycles. The highest BCUT2D eigenvalue weighted by molar-refractivity contribution is 5.92. The Bertz CT molecular complexity index is 459. The number of aromatic nitrogens is 2. The topological polar surface area (TPSA) is 72.9 Å². The van der Waals surface area contributed by atoms with E-state index in [1.54, 1.807) is 0 Å². The van der Waals surface area contributed by atoms with E-state index in [0.29, 0.717) is 5.69 Å². The zero-order chi connectivity index (χ0) is 11.3. The molecule has 3 rings (SSSR count). The number of aryl methyl sites for hydroxylation is 1. The fourth-order valence-corrected chi connectivity index (χ4v) is 2.76. The van der Waals surface area contributed by atoms with Crippen LogP contribution in [0.2, 0.25) is 0 Å². The molecule has 0 saturated heterocycles. The third-order valence-corrected chi connectivity index (χ3v) is 3.70. The summed E-state index contributed by atoms with van der Waals surface area (Å²) in [4.78, 5) is 11.4. The van der Waals surface area contributed by atoms with Crippen LogP contribution in [-0.2, 0) is 18.5 Å². The molecule has 5 heteroatoms. The molecule has 1 spiro atoms. The molecule has 1 aliphatic carbocycles. The number of fused-ring (bicyclic) bond motifs is 2. The summed E-state index contributed by atoms with van der Waals surface area (Å²) in [5, 5.41) is 7.71. The van der Waals surface area contributed by atoms with Crippen molar-refractivity contribution in [2.24, 2.45) is 5.73 Å². The summed E-state index contributed by atoms with van der Waals surface area (Å²) < 4.78 is 1.96. The zero-order valence-corrected chi connectivity index (χ0v) is 9.42. The molecule has 1 saturated carbocycles. The van der Waals surface area contributed by atoms with Crippen LogP contribution >= 0.6 is 0 Å². The average molecular weight is 220 g/mol. The molecular weight excluding hydrogens is 204 g/mol. The normalized spacial score (nSPS) is 20.8. The molecule has 3 N–H and O–H groups in total. The molecule has 16 heavy (non-hydrogen) atoms. The first-order chi connectivity index (χ1) is 7.68. The summed E-state index contributed by atoms with van der Waals surface area (Å²) in [5.41, 5.74) is 8.35. The third kappa shape index (κ3) is 1.15. The van der Waals surface area contributed by atoms with E-state index in [2.05, 4.69) is 17.3 Å². The Balaban J connectivity index is 2.20. The number of carbonyl (C=O) groups is 1. The second kappa shape index (κ2) is 3.07. The van der Waals surface area contributed by atoms with Gasteiger partial charge in [0, 0.05) is 30.6 Å². The van der Waals surface area contributed by atoms with Crippen LogP contribution in [0.15, 0.2) is 0 Å². The molecule has 1 amide bonds. The highest BCUT2D eigenvalue weighted by Gasteiger charge is 2.50. The minimum Gasteiger partial charge on any atom is -0.364 e. The van der Waals surface area contributed by atoms with Gasteiger partial charge in [-0.05, 0) is 19.8 Å². The van der Waals surface area contributed by atoms with Crippen LogP contribution in [0, 0.1) is 0 Å². The number of nitrogens with zero attached hydrogens (tertiary/aromatic N) is 2. The molecule has 0 radical (unpaired) electrons. The predicted octanol–water partition coefficient (Wildman–Crippen LogP) is 0.137. The van der Waals surface area contributed by atoms with Gasteiger partial charge < -0.3 is 11.1 Å². The highest BCUT2D eigenvalue weighted by atomic mass is 16.1. The maximum atomic E-state index is 11.4. The van der Waals surface area contributed by atoms with Crippen molar-refractivity contribution < 1.29 is 4.79 Å². The van der Waals surface area contributed by atoms with Crippen molar-refractivity contribution in [3.63, 3.8) is 0 Å². The minimum absolute atomic E-state index is 0.240. The number of carbonyl (C=O) groups excluding carboxylic acids is 1. The molecule has 0 atom stereocenters. The number of rotatable bonds is 2. The summed E-state index contributed by atoms with van der Waals surface area (Å²) in [5.74, 6) is -0.414. The number of hydrogen-bond acceptors (Lipinski definition) is 3. The van der Waals surface area contributed by atoms with Crippen molar-refractivity contribution in [3.05, 3.63) is 17.0 Å². The number of nitrogens with one attached hydrogen (secondary N) is 1. The first kappa shape index (κ1) is 9.84. The number of primary amides is 1. The van der Waals surface area contributed by atoms with Gasteiger partial charge in [0.25, 0.3) is 5.91 Å². The van der Waals surface area contributed by atoms with Gasteiger partial charge >= 0.3 is 0 Å². The Morgan fingerprint density at radius 1 is 1.62 bits per heavy atom. The molecule has 86 valence electrons. The summed E-state index contributed by atoms with van der Waals surface area (Å²) in [6.07, 6.45) is 2.38. The van der Waals surface area contributed by atoms with E-state index in [-0.39, 0.29) is 5.41 Å². The maximum Gasteiger partial charge on any atom is 0.269 e. The standard InChI is InChI=1S/C11H16N4O/c1-2-15-9-7(8(14-15)10(12)16)5-13-6-11(9)3-4-11/h13H,2-6H2,1H3,(H2,12,16). The van der Waals surface area contributed by atoms with Crippen LogP contribution in [0.5, 0.6) is 0 Å². The fraction of sp³-hybridized carbons (Fsp3) is 0.636. The summed E-state index contributed by atoms with van der Waals surface area (Å²) in [6.45, 7) is 4.58. The Hall–Kier alpha value is -1.36. The van der Waals surface area contributed by atoms with Gasteiger partial charge in [-0.3, -0.25) is 9.48 Å². The molecule has 0 bridgehead atoms. The lowest BCUT2D eigenvalue weighted by Gasteiger charge is -2.24. The number of nitrogens with two attached hydrogens (primary N) is 1. The molecule has 2 aliphatic rings. The average Bonchev–Trinajstić information content (AvgIpc) is 2.91. The van der Waals surface area contributed by atoms with E-state index < -0.39 is 5.91 Å². The number of hydrogen-bond donors (Lipinski definition) is 2. The summed E-state index contributed by atoms with van der Waals surface area (Å²) >= 11 is 0. The predicted molar refractivity (Wildman–Crippen MR) is 59.0 cm³/mol. The largest absolute Gasteiger partial charge is 0.364 e. The molecule has 1 aromatic rings. The SMILES string of the molecule is CCn1nc(C(N)=O)c2c1C1(CC1)CNC2. The minimum atomic E-state index is -0.414. The van der Waals surface area contributed by atoms with Crippen LogP contribution < -0.4 is 11.1 Å². The van der Waals surface area contributed by atoms with Crippen molar-refractivity contribution in [3.8, 4) is 0 Å². The van der Waals surface area contributed by atoms with Crippen LogP contribution in [0.4, 0.5) is 0 Å². The Kier molecular flexibility index (Phi) is 1.89. The first-order valence-electron chi connectivity index (χ1n) is 5.78. The van der Waals surface area contributed by atoms with E-state index in [4.69, 9.17) is 5.73 Å². The Morgan fingerprint density at radius 3 is 2.94 bits per heavy atom. The van der Waals surface area contributed by atoms with E-state index in [1.807, 2.05) is 4.68 Å². The Labute approximate surface area is 94.0 Å². The van der Waals surface area contributed by atoms with E-state index in [9.17, 15) is 4.79 Å². The lowest BCUT2D eigenvalue weighted by molar-refractivity contribution is 0.0993. The third-order valence-electron chi connectivity index (χ3n) is 3.70. The van der Waals surface area contributed by atoms with Crippen molar-refractivity contribution >= 4 is 5.91 Å². The smallest absolute Gasteiger partial charge is 0.269 e. The molecule has 2 heterocycles. The van der Waals surface area contributed by atoms with Crippen LogP contribution in [0.3, 0.4) is 0 Å². The van der Waals surface area contributed by atoms with Crippen molar-refractivity contribution in [2.75, 3.05) is 6.54 Å². The molecule has 1 fully saturated rings. The van der Waals surface area contributed by atoms with Gasteiger partial charge in [-0.2, -0.15) is 5.10 Å². The molecule has 0 unspecified atom stereocenters. The number of amides is 1. The van der Waals surface area contributed by atoms with E-state index >= 15 is 0 Å². The Morgan fingerprint density at radius 2 is 2.38 bits per heavy atom. The van der Waals surface area contributed by atoms with Crippen LogP contribution in [0.1, 0.15) is 41.5 Å². The van der Waals surface area contributed by atoms with Gasteiger partial charge in [0.05, 0.1) is 5.69 Å². The fourth-order valence-electron chi connectivity index (χ4n) is 2.76. The second-order valence-electron chi connectivity index (χ2n) is 4.74. The van der Waals surface area contributed by atoms with Crippen molar-refractivity contribution in [1.82, 2.24) is 15.1 Å². The van der Waals surface area contributed by atoms with Gasteiger partial charge in [-0.25, -0.2) is 0 Å². The summed E-state index contributed by atoms with van der Waals surface area (Å²) in [6, 6.07) is 0. The van der Waals surface area contributed by atoms with Gasteiger partial charge in [-0.15, -0.1) is 0 Å². The van der Waals surface area contributed by atoms with Crippen LogP contribution in [0.25, 0.3) is 0 Å². The zero-order valence-electron chi connectivity index (χ0n) is 9.42. The first-order valence-corrected chi connectivity index (χ1v) is 5.78. The summed E-state index contributed by atoms with van der Waals surface area (Å²) in [7, 11) is 0. The maximum absolute atomic E-state index is 11.4.